The molecule has 0 aromatic heterocycles. The third-order valence-corrected chi connectivity index (χ3v) is 4.24. The molecule has 0 aliphatic carbocycles. The van der Waals surface area contributed by atoms with E-state index in [1.807, 2.05) is 18.2 Å². The predicted molar refractivity (Wildman–Crippen MR) is 64.7 cm³/mol. The third kappa shape index (κ3) is 3.18. The highest BCUT2D eigenvalue weighted by atomic mass is 32.3. The molecular formula is C11H16NO2S+. The minimum Gasteiger partial charge on any atom is -0.503 e. The summed E-state index contributed by atoms with van der Waals surface area (Å²) >= 11 is 0. The molecule has 0 aliphatic heterocycles. The lowest BCUT2D eigenvalue weighted by atomic mass is 10.2. The summed E-state index contributed by atoms with van der Waals surface area (Å²) in [6.07, 6.45) is 1.59. The molecule has 0 amide bonds. The van der Waals surface area contributed by atoms with E-state index < -0.39 is 10.1 Å². The molecule has 1 N–H and O–H groups in total. The molecule has 4 heteroatoms. The lowest BCUT2D eigenvalue weighted by Gasteiger charge is -2.09. The zero-order valence-corrected chi connectivity index (χ0v) is 9.99. The van der Waals surface area contributed by atoms with Gasteiger partial charge in [-0.05, 0) is 0 Å². The summed E-state index contributed by atoms with van der Waals surface area (Å²) < 4.78 is 13.5. The molecule has 3 nitrogen and oxygen atoms in total. The Balaban J connectivity index is 3.00. The molecule has 1 aromatic carbocycles. The van der Waals surface area contributed by atoms with Crippen molar-refractivity contribution in [3.63, 3.8) is 0 Å². The van der Waals surface area contributed by atoms with Crippen LogP contribution < -0.4 is 0 Å². The van der Waals surface area contributed by atoms with E-state index in [4.69, 9.17) is 0 Å². The van der Waals surface area contributed by atoms with Gasteiger partial charge in [-0.3, -0.25) is 0 Å². The Kier molecular flexibility index (Phi) is 3.66. The quantitative estimate of drug-likeness (QED) is 0.633. The van der Waals surface area contributed by atoms with Crippen molar-refractivity contribution in [1.29, 1.82) is 0 Å². The Morgan fingerprint density at radius 1 is 1.33 bits per heavy atom. The van der Waals surface area contributed by atoms with E-state index in [0.29, 0.717) is 5.56 Å². The van der Waals surface area contributed by atoms with Crippen LogP contribution in [0.5, 0.6) is 0 Å². The first-order chi connectivity index (χ1) is 6.93. The standard InChI is InChI=1S/C11H15NO2S/c1-12(2)15(3,14)9-11(13)10-7-5-4-6-8-10/h4-9H,1-3H3/p+1. The molecule has 1 unspecified atom stereocenters. The molecule has 82 valence electrons. The molecule has 0 fully saturated rings. The zero-order chi connectivity index (χ0) is 11.5. The maximum atomic E-state index is 12.0. The van der Waals surface area contributed by atoms with E-state index in [1.54, 1.807) is 36.8 Å². The van der Waals surface area contributed by atoms with Crippen molar-refractivity contribution >= 4 is 15.9 Å². The van der Waals surface area contributed by atoms with Crippen LogP contribution in [0.3, 0.4) is 0 Å². The topological polar surface area (TPSA) is 40.5 Å². The Labute approximate surface area is 91.6 Å². The number of nitrogens with zero attached hydrogens (tertiary/aromatic N) is 1. The van der Waals surface area contributed by atoms with Gasteiger partial charge in [0.2, 0.25) is 0 Å². The predicted octanol–water partition coefficient (Wildman–Crippen LogP) is 2.15. The molecule has 0 radical (unpaired) electrons. The van der Waals surface area contributed by atoms with Crippen LogP contribution in [0.15, 0.2) is 35.7 Å². The molecule has 1 atom stereocenters. The maximum absolute atomic E-state index is 12.0. The average Bonchev–Trinajstić information content (AvgIpc) is 2.18. The number of hydrogen-bond acceptors (Lipinski definition) is 2. The van der Waals surface area contributed by atoms with Crippen molar-refractivity contribution in [3.8, 4) is 0 Å². The van der Waals surface area contributed by atoms with Gasteiger partial charge < -0.3 is 5.11 Å². The van der Waals surface area contributed by atoms with E-state index in [0.717, 1.165) is 0 Å². The fraction of sp³-hybridized carbons (Fsp3) is 0.273. The second kappa shape index (κ2) is 4.59. The first-order valence-corrected chi connectivity index (χ1v) is 6.55. The molecule has 15 heavy (non-hydrogen) atoms. The molecule has 0 spiro atoms. The summed E-state index contributed by atoms with van der Waals surface area (Å²) in [5.74, 6) is 0.0526. The number of hydrogen-bond donors (Lipinski definition) is 1. The van der Waals surface area contributed by atoms with Crippen LogP contribution in [0.4, 0.5) is 0 Å². The first kappa shape index (κ1) is 11.9. The van der Waals surface area contributed by atoms with Crippen molar-refractivity contribution in [3.05, 3.63) is 41.3 Å². The summed E-state index contributed by atoms with van der Waals surface area (Å²) in [6, 6.07) is 9.07. The summed E-state index contributed by atoms with van der Waals surface area (Å²) in [5, 5.41) is 11.2. The maximum Gasteiger partial charge on any atom is 0.184 e. The van der Waals surface area contributed by atoms with Crippen LogP contribution in [-0.2, 0) is 14.3 Å². The van der Waals surface area contributed by atoms with Crippen LogP contribution in [0.2, 0.25) is 0 Å². The highest BCUT2D eigenvalue weighted by Gasteiger charge is 2.23. The largest absolute Gasteiger partial charge is 0.503 e. The van der Waals surface area contributed by atoms with Crippen LogP contribution in [0.25, 0.3) is 5.76 Å². The Hall–Kier alpha value is -1.13. The van der Waals surface area contributed by atoms with Crippen molar-refractivity contribution in [2.75, 3.05) is 20.4 Å². The van der Waals surface area contributed by atoms with Gasteiger partial charge in [0.25, 0.3) is 0 Å². The van der Waals surface area contributed by atoms with E-state index in [2.05, 4.69) is 0 Å². The SMILES string of the molecule is CN(C)[S+](C)(=O)/C=C(/O)c1ccccc1. The first-order valence-electron chi connectivity index (χ1n) is 4.56. The van der Waals surface area contributed by atoms with Gasteiger partial charge in [0.15, 0.2) is 21.3 Å². The molecule has 0 saturated carbocycles. The summed E-state index contributed by atoms with van der Waals surface area (Å²) in [7, 11) is 1.16. The zero-order valence-electron chi connectivity index (χ0n) is 9.18. The third-order valence-electron chi connectivity index (χ3n) is 2.12. The molecule has 0 bridgehead atoms. The molecular weight excluding hydrogens is 210 g/mol. The Bertz CT molecular complexity index is 398. The van der Waals surface area contributed by atoms with Gasteiger partial charge >= 0.3 is 0 Å². The van der Waals surface area contributed by atoms with Gasteiger partial charge in [-0.25, -0.2) is 0 Å². The van der Waals surface area contributed by atoms with Gasteiger partial charge in [0, 0.05) is 19.7 Å². The van der Waals surface area contributed by atoms with Crippen LogP contribution in [0.1, 0.15) is 5.56 Å². The van der Waals surface area contributed by atoms with Crippen molar-refractivity contribution in [2.24, 2.45) is 0 Å². The van der Waals surface area contributed by atoms with Gasteiger partial charge in [-0.15, -0.1) is 4.31 Å². The van der Waals surface area contributed by atoms with Crippen molar-refractivity contribution in [1.82, 2.24) is 4.31 Å². The van der Waals surface area contributed by atoms with Crippen molar-refractivity contribution < 1.29 is 9.32 Å². The summed E-state index contributed by atoms with van der Waals surface area (Å²) in [6.45, 7) is 0. The fourth-order valence-electron chi connectivity index (χ4n) is 0.989. The van der Waals surface area contributed by atoms with E-state index in [-0.39, 0.29) is 5.76 Å². The van der Waals surface area contributed by atoms with E-state index in [1.165, 1.54) is 5.41 Å². The Morgan fingerprint density at radius 3 is 2.33 bits per heavy atom. The van der Waals surface area contributed by atoms with Gasteiger partial charge in [0.1, 0.15) is 6.26 Å². The smallest absolute Gasteiger partial charge is 0.184 e. The van der Waals surface area contributed by atoms with E-state index in [9.17, 15) is 9.32 Å². The highest BCUT2D eigenvalue weighted by Crippen LogP contribution is 2.16. The normalized spacial score (nSPS) is 16.4. The summed E-state index contributed by atoms with van der Waals surface area (Å²) in [4.78, 5) is 0. The molecule has 0 aliphatic rings. The molecule has 0 saturated heterocycles. The fourth-order valence-corrected chi connectivity index (χ4v) is 1.75. The second-order valence-electron chi connectivity index (χ2n) is 3.54. The lowest BCUT2D eigenvalue weighted by molar-refractivity contribution is 0.509. The van der Waals surface area contributed by atoms with Crippen LogP contribution in [-0.4, -0.2) is 29.8 Å². The molecule has 1 aromatic rings. The minimum absolute atomic E-state index is 0.0526. The van der Waals surface area contributed by atoms with Crippen LogP contribution >= 0.6 is 0 Å². The number of aliphatic hydroxyl groups is 1. The average molecular weight is 226 g/mol. The summed E-state index contributed by atoms with van der Waals surface area (Å²) in [5.41, 5.74) is 0.675. The van der Waals surface area contributed by atoms with Gasteiger partial charge in [-0.2, -0.15) is 0 Å². The minimum atomic E-state index is -2.27. The van der Waals surface area contributed by atoms with E-state index >= 15 is 0 Å². The monoisotopic (exact) mass is 226 g/mol. The lowest BCUT2D eigenvalue weighted by Crippen LogP contribution is -2.25. The highest BCUT2D eigenvalue weighted by molar-refractivity contribution is 8.03. The van der Waals surface area contributed by atoms with Crippen LogP contribution in [0, 0.1) is 0 Å². The number of benzene rings is 1. The number of aliphatic hydroxyl groups excluding tert-OH is 1. The van der Waals surface area contributed by atoms with Gasteiger partial charge in [-0.1, -0.05) is 34.5 Å². The second-order valence-corrected chi connectivity index (χ2v) is 6.23. The molecule has 0 heterocycles. The van der Waals surface area contributed by atoms with Crippen molar-refractivity contribution in [2.45, 2.75) is 0 Å². The number of rotatable bonds is 3. The molecule has 1 rings (SSSR count). The van der Waals surface area contributed by atoms with Gasteiger partial charge in [0.05, 0.1) is 0 Å². The Morgan fingerprint density at radius 2 is 1.87 bits per heavy atom.